The van der Waals surface area contributed by atoms with Gasteiger partial charge in [-0.15, -0.1) is 0 Å². The fourth-order valence-corrected chi connectivity index (χ4v) is 1.19. The minimum Gasteiger partial charge on any atom is -0.438 e. The lowest BCUT2D eigenvalue weighted by Crippen LogP contribution is -2.27. The van der Waals surface area contributed by atoms with Gasteiger partial charge in [-0.05, 0) is 26.4 Å². The molecule has 0 aliphatic rings. The zero-order valence-corrected chi connectivity index (χ0v) is 9.17. The summed E-state index contributed by atoms with van der Waals surface area (Å²) < 4.78 is 4.97. The quantitative estimate of drug-likeness (QED) is 0.680. The molecule has 1 rings (SSSR count). The van der Waals surface area contributed by atoms with Crippen molar-refractivity contribution in [2.75, 3.05) is 19.6 Å². The fraction of sp³-hybridized carbons (Fsp3) is 0.600. The minimum atomic E-state index is -0.193. The lowest BCUT2D eigenvalue weighted by molar-refractivity contribution is 0.0924. The lowest BCUT2D eigenvalue weighted by Gasteiger charge is -2.03. The van der Waals surface area contributed by atoms with Gasteiger partial charge in [0.05, 0.1) is 5.69 Å². The van der Waals surface area contributed by atoms with Crippen LogP contribution >= 0.6 is 0 Å². The highest BCUT2D eigenvalue weighted by Crippen LogP contribution is 2.03. The monoisotopic (exact) mass is 211 g/mol. The number of nitrogens with one attached hydrogen (secondary N) is 2. The van der Waals surface area contributed by atoms with Crippen molar-refractivity contribution < 1.29 is 9.21 Å². The zero-order valence-electron chi connectivity index (χ0n) is 9.17. The van der Waals surface area contributed by atoms with Crippen molar-refractivity contribution in [3.8, 4) is 0 Å². The number of carbonyl (C=O) groups excluding carboxylic acids is 1. The summed E-state index contributed by atoms with van der Waals surface area (Å²) in [5.41, 5.74) is 0.624. The highest BCUT2D eigenvalue weighted by Gasteiger charge is 2.12. The second-order valence-corrected chi connectivity index (χ2v) is 3.23. The molecule has 0 aromatic carbocycles. The SMILES string of the molecule is CCNCCCNC(=O)c1ocnc1C. The van der Waals surface area contributed by atoms with Gasteiger partial charge >= 0.3 is 0 Å². The zero-order chi connectivity index (χ0) is 11.1. The normalized spacial score (nSPS) is 10.3. The molecule has 1 heterocycles. The highest BCUT2D eigenvalue weighted by molar-refractivity contribution is 5.92. The van der Waals surface area contributed by atoms with Crippen LogP contribution in [0.1, 0.15) is 29.6 Å². The third kappa shape index (κ3) is 3.71. The van der Waals surface area contributed by atoms with E-state index < -0.39 is 0 Å². The van der Waals surface area contributed by atoms with E-state index in [1.165, 1.54) is 6.39 Å². The molecule has 1 aromatic rings. The summed E-state index contributed by atoms with van der Waals surface area (Å²) in [7, 11) is 0. The molecule has 0 atom stereocenters. The Labute approximate surface area is 89.3 Å². The van der Waals surface area contributed by atoms with Crippen molar-refractivity contribution in [1.82, 2.24) is 15.6 Å². The maximum Gasteiger partial charge on any atom is 0.288 e. The van der Waals surface area contributed by atoms with Gasteiger partial charge in [0.25, 0.3) is 5.91 Å². The van der Waals surface area contributed by atoms with Crippen LogP contribution < -0.4 is 10.6 Å². The number of aromatic nitrogens is 1. The van der Waals surface area contributed by atoms with E-state index in [4.69, 9.17) is 4.42 Å². The number of amides is 1. The van der Waals surface area contributed by atoms with E-state index >= 15 is 0 Å². The van der Waals surface area contributed by atoms with Crippen LogP contribution in [0.15, 0.2) is 10.8 Å². The van der Waals surface area contributed by atoms with Crippen molar-refractivity contribution in [1.29, 1.82) is 0 Å². The van der Waals surface area contributed by atoms with Gasteiger partial charge in [0, 0.05) is 6.54 Å². The summed E-state index contributed by atoms with van der Waals surface area (Å²) in [5.74, 6) is 0.111. The smallest absolute Gasteiger partial charge is 0.288 e. The van der Waals surface area contributed by atoms with Gasteiger partial charge in [-0.25, -0.2) is 4.98 Å². The molecule has 5 heteroatoms. The van der Waals surface area contributed by atoms with Gasteiger partial charge in [0.2, 0.25) is 5.76 Å². The van der Waals surface area contributed by atoms with E-state index in [0.29, 0.717) is 18.0 Å². The lowest BCUT2D eigenvalue weighted by atomic mass is 10.3. The van der Waals surface area contributed by atoms with Crippen molar-refractivity contribution in [3.63, 3.8) is 0 Å². The molecule has 2 N–H and O–H groups in total. The number of oxazole rings is 1. The van der Waals surface area contributed by atoms with Gasteiger partial charge in [0.1, 0.15) is 0 Å². The van der Waals surface area contributed by atoms with E-state index in [1.54, 1.807) is 6.92 Å². The Morgan fingerprint density at radius 3 is 2.93 bits per heavy atom. The average Bonchev–Trinajstić information content (AvgIpc) is 2.64. The van der Waals surface area contributed by atoms with E-state index in [2.05, 4.69) is 22.5 Å². The maximum atomic E-state index is 11.5. The standard InChI is InChI=1S/C10H17N3O2/c1-3-11-5-4-6-12-10(14)9-8(2)13-7-15-9/h7,11H,3-6H2,1-2H3,(H,12,14). The van der Waals surface area contributed by atoms with Crippen LogP contribution in [0.3, 0.4) is 0 Å². The Hall–Kier alpha value is -1.36. The number of carbonyl (C=O) groups is 1. The number of nitrogens with zero attached hydrogens (tertiary/aromatic N) is 1. The molecule has 0 bridgehead atoms. The summed E-state index contributed by atoms with van der Waals surface area (Å²) in [6.07, 6.45) is 2.19. The van der Waals surface area contributed by atoms with E-state index in [-0.39, 0.29) is 5.91 Å². The van der Waals surface area contributed by atoms with Gasteiger partial charge in [0.15, 0.2) is 6.39 Å². The van der Waals surface area contributed by atoms with Crippen molar-refractivity contribution in [2.45, 2.75) is 20.3 Å². The minimum absolute atomic E-state index is 0.193. The van der Waals surface area contributed by atoms with Crippen LogP contribution in [0.5, 0.6) is 0 Å². The van der Waals surface area contributed by atoms with E-state index in [0.717, 1.165) is 19.5 Å². The Kier molecular flexibility index (Phi) is 4.83. The summed E-state index contributed by atoms with van der Waals surface area (Å²) in [4.78, 5) is 15.3. The topological polar surface area (TPSA) is 67.2 Å². The van der Waals surface area contributed by atoms with Crippen LogP contribution in [0.4, 0.5) is 0 Å². The Bertz CT molecular complexity index is 309. The van der Waals surface area contributed by atoms with Gasteiger partial charge in [-0.1, -0.05) is 6.92 Å². The van der Waals surface area contributed by atoms with Crippen molar-refractivity contribution in [2.24, 2.45) is 0 Å². The molecule has 0 saturated carbocycles. The second-order valence-electron chi connectivity index (χ2n) is 3.23. The molecule has 0 aliphatic carbocycles. The third-order valence-electron chi connectivity index (χ3n) is 2.02. The molecule has 0 saturated heterocycles. The number of aryl methyl sites for hydroxylation is 1. The van der Waals surface area contributed by atoms with Gasteiger partial charge < -0.3 is 15.1 Å². The highest BCUT2D eigenvalue weighted by atomic mass is 16.3. The van der Waals surface area contributed by atoms with Gasteiger partial charge in [-0.2, -0.15) is 0 Å². The van der Waals surface area contributed by atoms with Crippen LogP contribution in [-0.2, 0) is 0 Å². The van der Waals surface area contributed by atoms with Crippen LogP contribution in [0.25, 0.3) is 0 Å². The number of rotatable bonds is 6. The van der Waals surface area contributed by atoms with Gasteiger partial charge in [-0.3, -0.25) is 4.79 Å². The fourth-order valence-electron chi connectivity index (χ4n) is 1.19. The first-order valence-corrected chi connectivity index (χ1v) is 5.14. The molecule has 0 fully saturated rings. The molecular weight excluding hydrogens is 194 g/mol. The molecule has 0 radical (unpaired) electrons. The molecule has 1 aromatic heterocycles. The predicted molar refractivity (Wildman–Crippen MR) is 56.7 cm³/mol. The first-order valence-electron chi connectivity index (χ1n) is 5.14. The molecule has 0 unspecified atom stereocenters. The number of hydrogen-bond acceptors (Lipinski definition) is 4. The van der Waals surface area contributed by atoms with E-state index in [9.17, 15) is 4.79 Å². The van der Waals surface area contributed by atoms with Crippen LogP contribution in [0, 0.1) is 6.92 Å². The van der Waals surface area contributed by atoms with Crippen molar-refractivity contribution >= 4 is 5.91 Å². The molecule has 0 spiro atoms. The molecular formula is C10H17N3O2. The van der Waals surface area contributed by atoms with Crippen molar-refractivity contribution in [3.05, 3.63) is 17.8 Å². The number of hydrogen-bond donors (Lipinski definition) is 2. The summed E-state index contributed by atoms with van der Waals surface area (Å²) in [5, 5.41) is 5.95. The molecule has 1 amide bonds. The first kappa shape index (κ1) is 11.7. The van der Waals surface area contributed by atoms with Crippen LogP contribution in [0.2, 0.25) is 0 Å². The predicted octanol–water partition coefficient (Wildman–Crippen LogP) is 0.712. The Balaban J connectivity index is 2.22. The Morgan fingerprint density at radius 1 is 1.53 bits per heavy atom. The summed E-state index contributed by atoms with van der Waals surface area (Å²) >= 11 is 0. The third-order valence-corrected chi connectivity index (χ3v) is 2.02. The largest absolute Gasteiger partial charge is 0.438 e. The average molecular weight is 211 g/mol. The summed E-state index contributed by atoms with van der Waals surface area (Å²) in [6, 6.07) is 0. The van der Waals surface area contributed by atoms with Crippen LogP contribution in [-0.4, -0.2) is 30.5 Å². The Morgan fingerprint density at radius 2 is 2.33 bits per heavy atom. The molecule has 15 heavy (non-hydrogen) atoms. The molecule has 84 valence electrons. The molecule has 0 aliphatic heterocycles. The first-order chi connectivity index (χ1) is 7.25. The maximum absolute atomic E-state index is 11.5. The van der Waals surface area contributed by atoms with E-state index in [1.807, 2.05) is 0 Å². The molecule has 5 nitrogen and oxygen atoms in total. The summed E-state index contributed by atoms with van der Waals surface area (Å²) in [6.45, 7) is 6.31. The second kappa shape index (κ2) is 6.19.